The van der Waals surface area contributed by atoms with Crippen molar-refractivity contribution in [1.29, 1.82) is 0 Å². The number of hydrogen-bond donors (Lipinski definition) is 1. The predicted molar refractivity (Wildman–Crippen MR) is 236 cm³/mol. The Bertz CT molecular complexity index is 2080. The predicted octanol–water partition coefficient (Wildman–Crippen LogP) is 2.42. The van der Waals surface area contributed by atoms with Crippen LogP contribution in [-0.4, -0.2) is 134 Å². The van der Waals surface area contributed by atoms with Gasteiger partial charge in [0.25, 0.3) is 8.32 Å². The van der Waals surface area contributed by atoms with Crippen molar-refractivity contribution in [1.82, 2.24) is 0 Å². The van der Waals surface area contributed by atoms with Crippen LogP contribution in [0.25, 0.3) is 0 Å². The van der Waals surface area contributed by atoms with E-state index in [9.17, 15) is 47.9 Å². The third-order valence-corrected chi connectivity index (χ3v) is 14.9. The van der Waals surface area contributed by atoms with Crippen molar-refractivity contribution in [3.05, 3.63) is 60.7 Å². The van der Waals surface area contributed by atoms with Gasteiger partial charge in [-0.25, -0.2) is 47.9 Å². The van der Waals surface area contributed by atoms with E-state index in [-0.39, 0.29) is 0 Å². The van der Waals surface area contributed by atoms with Gasteiger partial charge in [-0.2, -0.15) is 0 Å². The van der Waals surface area contributed by atoms with Crippen LogP contribution in [-0.2, 0) is 95.0 Å². The summed E-state index contributed by atoms with van der Waals surface area (Å²) in [5, 5.41) is 10.2. The summed E-state index contributed by atoms with van der Waals surface area (Å²) in [5.41, 5.74) is 0. The lowest BCUT2D eigenvalue weighted by atomic mass is 10.2. The molecular formula is C46H60O21Si. The largest absolute Gasteiger partial charge is 0.479 e. The Morgan fingerprint density at radius 1 is 0.353 bits per heavy atom. The first-order chi connectivity index (χ1) is 31.5. The maximum Gasteiger partial charge on any atom is 0.347 e. The van der Waals surface area contributed by atoms with Crippen LogP contribution < -0.4 is 10.4 Å². The van der Waals surface area contributed by atoms with Gasteiger partial charge in [0.1, 0.15) is 6.10 Å². The zero-order valence-corrected chi connectivity index (χ0v) is 41.2. The number of benzene rings is 2. The van der Waals surface area contributed by atoms with E-state index in [1.807, 2.05) is 81.4 Å². The summed E-state index contributed by atoms with van der Waals surface area (Å²) in [7, 11) is -3.18. The summed E-state index contributed by atoms with van der Waals surface area (Å²) in [4.78, 5) is 125. The third-order valence-electron chi connectivity index (χ3n) is 9.74. The second kappa shape index (κ2) is 25.5. The van der Waals surface area contributed by atoms with Crippen molar-refractivity contribution < 1.29 is 100 Å². The van der Waals surface area contributed by atoms with Crippen LogP contribution in [0.5, 0.6) is 0 Å². The van der Waals surface area contributed by atoms with E-state index in [0.717, 1.165) is 65.8 Å². The van der Waals surface area contributed by atoms with Crippen LogP contribution in [0.4, 0.5) is 0 Å². The molecule has 0 heterocycles. The number of carboxylic acid groups (broad SMARTS) is 1. The van der Waals surface area contributed by atoms with Crippen molar-refractivity contribution in [3.63, 3.8) is 0 Å². The average molecular weight is 977 g/mol. The standard InChI is InChI=1S/C46H60O21Si/c1-24(36(47)48)58-37(49)25(2)59-38(50)26(3)60-39(51)27(4)61-40(52)28(5)62-41(53)29(6)63-42(54)30(7)64-43(55)31(8)65-44(56)32(9)66-45(57)33(10)67-68(46(11,12)13,34-20-16-14-17-21-34)35-22-18-15-19-23-35/h14-33H,1-13H3,(H,47,48)/t24-,25-,26-,27-,28-,29-,30-,31-,32-,33-/m0/s1. The molecule has 0 saturated heterocycles. The highest BCUT2D eigenvalue weighted by Gasteiger charge is 2.52. The lowest BCUT2D eigenvalue weighted by Crippen LogP contribution is -2.68. The van der Waals surface area contributed by atoms with Crippen molar-refractivity contribution >= 4 is 78.4 Å². The molecule has 2 rings (SSSR count). The summed E-state index contributed by atoms with van der Waals surface area (Å²) >= 11 is 0. The number of carbonyl (C=O) groups excluding carboxylic acids is 9. The Hall–Kier alpha value is -6.68. The number of hydrogen-bond acceptors (Lipinski definition) is 20. The molecule has 22 heteroatoms. The fraction of sp³-hybridized carbons (Fsp3) is 0.522. The smallest absolute Gasteiger partial charge is 0.347 e. The zero-order chi connectivity index (χ0) is 51.8. The molecule has 0 fully saturated rings. The van der Waals surface area contributed by atoms with Crippen LogP contribution in [0.2, 0.25) is 5.04 Å². The summed E-state index contributed by atoms with van der Waals surface area (Å²) in [5.74, 6) is -12.0. The molecule has 0 aliphatic rings. The molecule has 0 saturated carbocycles. The molecule has 1 N–H and O–H groups in total. The first-order valence-corrected chi connectivity index (χ1v) is 23.3. The van der Waals surface area contributed by atoms with Crippen molar-refractivity contribution in [3.8, 4) is 0 Å². The summed E-state index contributed by atoms with van der Waals surface area (Å²) < 4.78 is 51.6. The highest BCUT2D eigenvalue weighted by Crippen LogP contribution is 2.37. The fourth-order valence-electron chi connectivity index (χ4n) is 5.87. The molecule has 0 amide bonds. The normalized spacial score (nSPS) is 15.8. The molecule has 0 aliphatic heterocycles. The highest BCUT2D eigenvalue weighted by atomic mass is 28.4. The fourth-order valence-corrected chi connectivity index (χ4v) is 10.5. The quantitative estimate of drug-likeness (QED) is 0.0950. The molecule has 21 nitrogen and oxygen atoms in total. The first kappa shape index (κ1) is 57.4. The molecule has 0 radical (unpaired) electrons. The number of rotatable bonds is 23. The number of carboxylic acids is 1. The minimum absolute atomic E-state index is 0.467. The minimum atomic E-state index is -3.18. The minimum Gasteiger partial charge on any atom is -0.479 e. The molecule has 0 aromatic heterocycles. The topological polar surface area (TPSA) is 283 Å². The molecule has 2 aromatic carbocycles. The van der Waals surface area contributed by atoms with Gasteiger partial charge in [0, 0.05) is 0 Å². The second-order valence-electron chi connectivity index (χ2n) is 16.5. The molecule has 0 aliphatic carbocycles. The SMILES string of the molecule is C[C@H](OC(=O)[C@H](C)OC(=O)[C@H](C)OC(=O)[C@H](C)OC(=O)[C@H](C)OC(=O)[C@H](C)OC(=O)[C@H](C)OC(=O)[C@H](C)OC(=O)[C@H](C)OC(=O)[C@H](C)O[Si](c1ccccc1)(c1ccccc1)C(C)(C)C)C(=O)O. The Labute approximate surface area is 394 Å². The van der Waals surface area contributed by atoms with Crippen LogP contribution >= 0.6 is 0 Å². The first-order valence-electron chi connectivity index (χ1n) is 21.4. The van der Waals surface area contributed by atoms with Gasteiger partial charge in [-0.15, -0.1) is 0 Å². The van der Waals surface area contributed by atoms with E-state index in [1.54, 1.807) is 0 Å². The Morgan fingerprint density at radius 2 is 0.544 bits per heavy atom. The lowest BCUT2D eigenvalue weighted by molar-refractivity contribution is -0.189. The van der Waals surface area contributed by atoms with Crippen LogP contribution in [0.15, 0.2) is 60.7 Å². The lowest BCUT2D eigenvalue weighted by Gasteiger charge is -2.44. The Morgan fingerprint density at radius 3 is 0.735 bits per heavy atom. The average Bonchev–Trinajstić information content (AvgIpc) is 3.27. The van der Waals surface area contributed by atoms with Gasteiger partial charge < -0.3 is 52.2 Å². The van der Waals surface area contributed by atoms with Crippen LogP contribution in [0, 0.1) is 0 Å². The molecule has 0 bridgehead atoms. The number of ether oxygens (including phenoxy) is 9. The third kappa shape index (κ3) is 16.3. The van der Waals surface area contributed by atoms with Gasteiger partial charge in [-0.3, -0.25) is 0 Å². The monoisotopic (exact) mass is 976 g/mol. The van der Waals surface area contributed by atoms with Gasteiger partial charge in [-0.05, 0) is 84.6 Å². The van der Waals surface area contributed by atoms with Gasteiger partial charge >= 0.3 is 59.7 Å². The molecule has 10 atom stereocenters. The zero-order valence-electron chi connectivity index (χ0n) is 40.2. The highest BCUT2D eigenvalue weighted by molar-refractivity contribution is 6.99. The molecule has 0 spiro atoms. The second-order valence-corrected chi connectivity index (χ2v) is 20.7. The maximum atomic E-state index is 13.4. The summed E-state index contributed by atoms with van der Waals surface area (Å²) in [6.07, 6.45) is -15.6. The molecule has 0 unspecified atom stereocenters. The van der Waals surface area contributed by atoms with Crippen LogP contribution in [0.3, 0.4) is 0 Å². The van der Waals surface area contributed by atoms with E-state index in [4.69, 9.17) is 47.4 Å². The van der Waals surface area contributed by atoms with Gasteiger partial charge in [-0.1, -0.05) is 81.4 Å². The van der Waals surface area contributed by atoms with Crippen molar-refractivity contribution in [2.45, 2.75) is 156 Å². The van der Waals surface area contributed by atoms with Crippen molar-refractivity contribution in [2.24, 2.45) is 0 Å². The van der Waals surface area contributed by atoms with Gasteiger partial charge in [0.05, 0.1) is 0 Å². The number of carbonyl (C=O) groups is 10. The Balaban J connectivity index is 1.88. The van der Waals surface area contributed by atoms with E-state index in [1.165, 1.54) is 13.8 Å². The number of aliphatic carboxylic acids is 1. The molecular weight excluding hydrogens is 917 g/mol. The van der Waals surface area contributed by atoms with E-state index in [0.29, 0.717) is 0 Å². The van der Waals surface area contributed by atoms with E-state index >= 15 is 0 Å². The Kier molecular flexibility index (Phi) is 21.5. The molecule has 374 valence electrons. The maximum absolute atomic E-state index is 13.4. The molecule has 2 aromatic rings. The number of esters is 9. The van der Waals surface area contributed by atoms with Gasteiger partial charge in [0.15, 0.2) is 54.9 Å². The molecule has 68 heavy (non-hydrogen) atoms. The summed E-state index contributed by atoms with van der Waals surface area (Å²) in [6.45, 7) is 17.6. The van der Waals surface area contributed by atoms with Gasteiger partial charge in [0.2, 0.25) is 0 Å². The van der Waals surface area contributed by atoms with E-state index < -0.39 is 134 Å². The van der Waals surface area contributed by atoms with E-state index in [2.05, 4.69) is 4.74 Å². The summed E-state index contributed by atoms with van der Waals surface area (Å²) in [6, 6.07) is 19.1. The van der Waals surface area contributed by atoms with Crippen LogP contribution in [0.1, 0.15) is 90.0 Å². The van der Waals surface area contributed by atoms with Crippen molar-refractivity contribution in [2.75, 3.05) is 0 Å².